The fourth-order valence-electron chi connectivity index (χ4n) is 4.48. The van der Waals surface area contributed by atoms with Gasteiger partial charge in [0.1, 0.15) is 11.8 Å². The molecule has 3 aromatic rings. The first-order chi connectivity index (χ1) is 18.0. The van der Waals surface area contributed by atoms with Gasteiger partial charge in [0, 0.05) is 40.3 Å². The van der Waals surface area contributed by atoms with Crippen LogP contribution in [0.5, 0.6) is 6.01 Å². The molecular formula is C23H33N6O7PS. The van der Waals surface area contributed by atoms with Crippen LogP contribution in [0.15, 0.2) is 34.0 Å². The smallest absolute Gasteiger partial charge is 0.341 e. The average molecular weight is 569 g/mol. The van der Waals surface area contributed by atoms with Crippen LogP contribution in [0.4, 0.5) is 0 Å². The Bertz CT molecular complexity index is 1530. The van der Waals surface area contributed by atoms with Gasteiger partial charge in [-0.2, -0.15) is 14.4 Å². The standard InChI is InChI=1S/C23H33N6O7PS/c1-5-8-19-20-21(26(3)25-19)22(30)29(23(24-20)36-6-2)17-9-7-10-18(15-17)38(33,34)28-13-11-27(12-14-28)16-37(31,32)35-4/h7,9-10,15H,5-6,8,11-14,16H2,1-4H3,(H,31,32). The van der Waals surface area contributed by atoms with Crippen LogP contribution < -0.4 is 10.3 Å². The van der Waals surface area contributed by atoms with Crippen LogP contribution in [-0.4, -0.2) is 88.0 Å². The van der Waals surface area contributed by atoms with E-state index in [-0.39, 0.29) is 50.0 Å². The van der Waals surface area contributed by atoms with Crippen molar-refractivity contribution in [3.63, 3.8) is 0 Å². The zero-order valence-corrected chi connectivity index (χ0v) is 23.6. The summed E-state index contributed by atoms with van der Waals surface area (Å²) in [5, 5.41) is 4.47. The Balaban J connectivity index is 1.70. The molecule has 1 aliphatic heterocycles. The predicted octanol–water partition coefficient (Wildman–Crippen LogP) is 1.57. The Kier molecular flexibility index (Phi) is 8.40. The second kappa shape index (κ2) is 11.2. The normalized spacial score (nSPS) is 17.1. The molecule has 1 aromatic carbocycles. The van der Waals surface area contributed by atoms with Crippen LogP contribution >= 0.6 is 7.60 Å². The molecule has 13 nitrogen and oxygen atoms in total. The van der Waals surface area contributed by atoms with Crippen molar-refractivity contribution in [2.75, 3.05) is 46.2 Å². The van der Waals surface area contributed by atoms with E-state index in [1.807, 2.05) is 6.92 Å². The van der Waals surface area contributed by atoms with Gasteiger partial charge in [0.25, 0.3) is 5.56 Å². The van der Waals surface area contributed by atoms with Gasteiger partial charge in [-0.1, -0.05) is 19.4 Å². The number of sulfonamides is 1. The summed E-state index contributed by atoms with van der Waals surface area (Å²) >= 11 is 0. The molecule has 1 saturated heterocycles. The van der Waals surface area contributed by atoms with Gasteiger partial charge in [-0.15, -0.1) is 0 Å². The van der Waals surface area contributed by atoms with E-state index in [0.717, 1.165) is 6.42 Å². The van der Waals surface area contributed by atoms with Crippen LogP contribution in [0.2, 0.25) is 0 Å². The zero-order valence-electron chi connectivity index (χ0n) is 21.9. The second-order valence-corrected chi connectivity index (χ2v) is 12.8. The second-order valence-electron chi connectivity index (χ2n) is 8.97. The molecule has 2 aromatic heterocycles. The Labute approximate surface area is 221 Å². The molecule has 0 bridgehead atoms. The number of nitrogens with zero attached hydrogens (tertiary/aromatic N) is 6. The molecule has 38 heavy (non-hydrogen) atoms. The molecule has 3 heterocycles. The number of hydrogen-bond acceptors (Lipinski definition) is 9. The molecule has 4 rings (SSSR count). The van der Waals surface area contributed by atoms with E-state index in [4.69, 9.17) is 4.74 Å². The maximum absolute atomic E-state index is 13.7. The lowest BCUT2D eigenvalue weighted by molar-refractivity contribution is 0.194. The van der Waals surface area contributed by atoms with Crippen molar-refractivity contribution >= 4 is 28.7 Å². The average Bonchev–Trinajstić information content (AvgIpc) is 3.20. The van der Waals surface area contributed by atoms with E-state index in [0.29, 0.717) is 28.8 Å². The van der Waals surface area contributed by atoms with Crippen molar-refractivity contribution in [3.05, 3.63) is 40.3 Å². The van der Waals surface area contributed by atoms with Gasteiger partial charge >= 0.3 is 13.6 Å². The van der Waals surface area contributed by atoms with Crippen molar-refractivity contribution in [1.29, 1.82) is 0 Å². The van der Waals surface area contributed by atoms with Crippen molar-refractivity contribution in [2.24, 2.45) is 7.05 Å². The number of benzene rings is 1. The van der Waals surface area contributed by atoms with E-state index in [2.05, 4.69) is 14.6 Å². The van der Waals surface area contributed by atoms with Gasteiger partial charge in [-0.05, 0) is 31.5 Å². The molecular weight excluding hydrogens is 535 g/mol. The van der Waals surface area contributed by atoms with E-state index < -0.39 is 23.2 Å². The van der Waals surface area contributed by atoms with Crippen molar-refractivity contribution in [2.45, 2.75) is 31.6 Å². The fraction of sp³-hybridized carbons (Fsp3) is 0.522. The third-order valence-electron chi connectivity index (χ3n) is 6.37. The molecule has 0 amide bonds. The number of aromatic nitrogens is 4. The molecule has 1 aliphatic rings. The van der Waals surface area contributed by atoms with E-state index >= 15 is 0 Å². The van der Waals surface area contributed by atoms with Gasteiger partial charge in [-0.3, -0.25) is 18.9 Å². The third kappa shape index (κ3) is 5.56. The maximum atomic E-state index is 13.7. The van der Waals surface area contributed by atoms with Crippen LogP contribution in [0.3, 0.4) is 0 Å². The molecule has 0 saturated carbocycles. The Morgan fingerprint density at radius 3 is 2.50 bits per heavy atom. The van der Waals surface area contributed by atoms with Crippen LogP contribution in [0, 0.1) is 0 Å². The molecule has 0 aliphatic carbocycles. The summed E-state index contributed by atoms with van der Waals surface area (Å²) < 4.78 is 53.3. The largest absolute Gasteiger partial charge is 0.465 e. The van der Waals surface area contributed by atoms with Crippen molar-refractivity contribution in [1.82, 2.24) is 28.5 Å². The highest BCUT2D eigenvalue weighted by Crippen LogP contribution is 2.41. The molecule has 1 N–H and O–H groups in total. The topological polar surface area (TPSA) is 149 Å². The third-order valence-corrected chi connectivity index (χ3v) is 9.59. The van der Waals surface area contributed by atoms with E-state index in [9.17, 15) is 22.7 Å². The van der Waals surface area contributed by atoms with E-state index in [1.54, 1.807) is 31.0 Å². The minimum atomic E-state index is -3.91. The number of aryl methyl sites for hydroxylation is 2. The summed E-state index contributed by atoms with van der Waals surface area (Å²) in [6.07, 6.45) is 1.32. The molecule has 1 unspecified atom stereocenters. The van der Waals surface area contributed by atoms with E-state index in [1.165, 1.54) is 32.8 Å². The Morgan fingerprint density at radius 2 is 1.87 bits per heavy atom. The molecule has 15 heteroatoms. The predicted molar refractivity (Wildman–Crippen MR) is 141 cm³/mol. The number of ether oxygens (including phenoxy) is 1. The lowest BCUT2D eigenvalue weighted by Gasteiger charge is -2.34. The minimum Gasteiger partial charge on any atom is -0.465 e. The zero-order chi connectivity index (χ0) is 27.7. The van der Waals surface area contributed by atoms with Gasteiger partial charge in [0.05, 0.1) is 22.9 Å². The molecule has 1 fully saturated rings. The van der Waals surface area contributed by atoms with Crippen molar-refractivity contribution < 1.29 is 27.1 Å². The first-order valence-electron chi connectivity index (χ1n) is 12.3. The summed E-state index contributed by atoms with van der Waals surface area (Å²) in [6, 6.07) is 6.15. The minimum absolute atomic E-state index is 0.0132. The SMILES string of the molecule is CCCc1nn(C)c2c(=O)n(-c3cccc(S(=O)(=O)N4CCN(CP(=O)(O)OC)CC4)c3)c(OCC)nc12. The highest BCUT2D eigenvalue weighted by Gasteiger charge is 2.32. The lowest BCUT2D eigenvalue weighted by atomic mass is 10.2. The summed E-state index contributed by atoms with van der Waals surface area (Å²) in [7, 11) is -4.80. The van der Waals surface area contributed by atoms with Crippen molar-refractivity contribution in [3.8, 4) is 11.7 Å². The van der Waals surface area contributed by atoms with Crippen LogP contribution in [0.1, 0.15) is 26.0 Å². The molecule has 208 valence electrons. The summed E-state index contributed by atoms with van der Waals surface area (Å²) in [4.78, 5) is 29.7. The maximum Gasteiger partial charge on any atom is 0.341 e. The number of hydrogen-bond donors (Lipinski definition) is 1. The van der Waals surface area contributed by atoms with Gasteiger partial charge < -0.3 is 14.2 Å². The quantitative estimate of drug-likeness (QED) is 0.357. The Morgan fingerprint density at radius 1 is 1.16 bits per heavy atom. The highest BCUT2D eigenvalue weighted by molar-refractivity contribution is 7.89. The molecule has 1 atom stereocenters. The molecule has 0 radical (unpaired) electrons. The lowest BCUT2D eigenvalue weighted by Crippen LogP contribution is -2.48. The number of rotatable bonds is 10. The molecule has 0 spiro atoms. The first-order valence-corrected chi connectivity index (χ1v) is 15.5. The van der Waals surface area contributed by atoms with Crippen LogP contribution in [-0.2, 0) is 32.6 Å². The monoisotopic (exact) mass is 568 g/mol. The number of piperazine rings is 1. The highest BCUT2D eigenvalue weighted by atomic mass is 32.2. The Hall–Kier alpha value is -2.61. The van der Waals surface area contributed by atoms with Gasteiger partial charge in [0.15, 0.2) is 5.52 Å². The number of fused-ring (bicyclic) bond motifs is 1. The summed E-state index contributed by atoms with van der Waals surface area (Å²) in [5.41, 5.74) is 1.37. The summed E-state index contributed by atoms with van der Waals surface area (Å²) in [6.45, 7) is 4.89. The fourth-order valence-corrected chi connectivity index (χ4v) is 6.84. The van der Waals surface area contributed by atoms with Gasteiger partial charge in [-0.25, -0.2) is 13.0 Å². The summed E-state index contributed by atoms with van der Waals surface area (Å²) in [5.74, 6) is 0. The van der Waals surface area contributed by atoms with Crippen LogP contribution in [0.25, 0.3) is 16.7 Å². The van der Waals surface area contributed by atoms with Gasteiger partial charge in [0.2, 0.25) is 10.0 Å². The first kappa shape index (κ1) is 28.4.